The normalized spacial score (nSPS) is 31.2. The van der Waals surface area contributed by atoms with Crippen molar-refractivity contribution in [2.24, 2.45) is 11.8 Å². The van der Waals surface area contributed by atoms with Gasteiger partial charge in [0, 0.05) is 0 Å². The predicted molar refractivity (Wildman–Crippen MR) is 55.1 cm³/mol. The van der Waals surface area contributed by atoms with E-state index in [4.69, 9.17) is 0 Å². The third-order valence-electron chi connectivity index (χ3n) is 3.08. The van der Waals surface area contributed by atoms with Crippen molar-refractivity contribution in [2.45, 2.75) is 39.5 Å². The summed E-state index contributed by atoms with van der Waals surface area (Å²) >= 11 is 0. The molecule has 1 fully saturated rings. The highest BCUT2D eigenvalue weighted by Crippen LogP contribution is 2.33. The van der Waals surface area contributed by atoms with Crippen molar-refractivity contribution in [3.8, 4) is 0 Å². The van der Waals surface area contributed by atoms with Gasteiger partial charge < -0.3 is 0 Å². The van der Waals surface area contributed by atoms with Gasteiger partial charge in [-0.2, -0.15) is 0 Å². The van der Waals surface area contributed by atoms with Crippen molar-refractivity contribution in [3.05, 3.63) is 24.1 Å². The highest BCUT2D eigenvalue weighted by Gasteiger charge is 2.19. The fourth-order valence-corrected chi connectivity index (χ4v) is 2.13. The average Bonchev–Trinajstić information content (AvgIpc) is 2.16. The van der Waals surface area contributed by atoms with Crippen molar-refractivity contribution in [2.75, 3.05) is 0 Å². The molecule has 0 nitrogen and oxygen atoms in total. The van der Waals surface area contributed by atoms with Gasteiger partial charge in [-0.3, -0.25) is 0 Å². The Morgan fingerprint density at radius 3 is 2.31 bits per heavy atom. The lowest BCUT2D eigenvalue weighted by Crippen LogP contribution is -2.13. The number of hydrogen-bond acceptors (Lipinski definition) is 0. The maximum absolute atomic E-state index is 12.0. The van der Waals surface area contributed by atoms with Crippen molar-refractivity contribution in [1.82, 2.24) is 0 Å². The van der Waals surface area contributed by atoms with Gasteiger partial charge in [-0.15, -0.1) is 0 Å². The van der Waals surface area contributed by atoms with E-state index in [1.165, 1.54) is 31.3 Å². The van der Waals surface area contributed by atoms with E-state index in [-0.39, 0.29) is 0 Å². The number of allylic oxidation sites excluding steroid dienone is 3. The van der Waals surface area contributed by atoms with Crippen LogP contribution in [0.1, 0.15) is 39.5 Å². The highest BCUT2D eigenvalue weighted by atomic mass is 19.1. The zero-order valence-electron chi connectivity index (χ0n) is 8.59. The number of halogens is 1. The highest BCUT2D eigenvalue weighted by molar-refractivity contribution is 5.20. The van der Waals surface area contributed by atoms with E-state index in [9.17, 15) is 4.39 Å². The molecule has 0 aromatic heterocycles. The quantitative estimate of drug-likeness (QED) is 0.560. The van der Waals surface area contributed by atoms with Crippen LogP contribution < -0.4 is 0 Å². The average molecular weight is 182 g/mol. The largest absolute Gasteiger partial charge is 0.216 e. The molecule has 0 N–H and O–H groups in total. The molecule has 0 radical (unpaired) electrons. The Balaban J connectivity index is 2.52. The summed E-state index contributed by atoms with van der Waals surface area (Å²) in [5.41, 5.74) is 1.18. The minimum atomic E-state index is 0.605. The Morgan fingerprint density at radius 2 is 1.85 bits per heavy atom. The lowest BCUT2D eigenvalue weighted by Gasteiger charge is -2.26. The van der Waals surface area contributed by atoms with Crippen LogP contribution in [0.5, 0.6) is 0 Å². The zero-order chi connectivity index (χ0) is 9.68. The second-order valence-corrected chi connectivity index (χ2v) is 4.04. The molecule has 0 aromatic rings. The minimum absolute atomic E-state index is 0.605. The van der Waals surface area contributed by atoms with E-state index < -0.39 is 0 Å². The van der Waals surface area contributed by atoms with Crippen molar-refractivity contribution in [3.63, 3.8) is 0 Å². The van der Waals surface area contributed by atoms with Gasteiger partial charge in [-0.05, 0) is 43.3 Å². The van der Waals surface area contributed by atoms with Gasteiger partial charge >= 0.3 is 0 Å². The van der Waals surface area contributed by atoms with E-state index in [0.717, 1.165) is 5.92 Å². The fraction of sp³-hybridized carbons (Fsp3) is 0.667. The molecule has 1 saturated carbocycles. The fourth-order valence-electron chi connectivity index (χ4n) is 2.13. The molecule has 1 aliphatic carbocycles. The third-order valence-corrected chi connectivity index (χ3v) is 3.08. The summed E-state index contributed by atoms with van der Waals surface area (Å²) in [6, 6.07) is 0. The molecule has 0 bridgehead atoms. The molecule has 0 amide bonds. The third kappa shape index (κ3) is 2.98. The summed E-state index contributed by atoms with van der Waals surface area (Å²) < 4.78 is 12.0. The molecule has 0 atom stereocenters. The first-order valence-electron chi connectivity index (χ1n) is 5.21. The minimum Gasteiger partial charge on any atom is -0.216 e. The maximum Gasteiger partial charge on any atom is 0.0869 e. The second kappa shape index (κ2) is 5.21. The molecule has 1 heteroatoms. The first kappa shape index (κ1) is 10.5. The number of hydrogen-bond donors (Lipinski definition) is 0. The molecule has 1 rings (SSSR count). The molecule has 1 aliphatic rings. The Bertz CT molecular complexity index is 195. The van der Waals surface area contributed by atoms with Gasteiger partial charge in [-0.25, -0.2) is 4.39 Å². The van der Waals surface area contributed by atoms with Crippen LogP contribution >= 0.6 is 0 Å². The molecule has 0 unspecified atom stereocenters. The van der Waals surface area contributed by atoms with Crippen LogP contribution in [0.25, 0.3) is 0 Å². The number of rotatable bonds is 2. The van der Waals surface area contributed by atoms with Crippen LogP contribution in [0.3, 0.4) is 0 Å². The van der Waals surface area contributed by atoms with Gasteiger partial charge in [0.1, 0.15) is 0 Å². The Labute approximate surface area is 80.5 Å². The van der Waals surface area contributed by atoms with Crippen LogP contribution in [0, 0.1) is 11.8 Å². The van der Waals surface area contributed by atoms with Crippen LogP contribution in [0.15, 0.2) is 24.1 Å². The topological polar surface area (TPSA) is 0 Å². The van der Waals surface area contributed by atoms with Crippen LogP contribution in [-0.4, -0.2) is 0 Å². The van der Waals surface area contributed by atoms with E-state index in [0.29, 0.717) is 12.2 Å². The van der Waals surface area contributed by atoms with Gasteiger partial charge in [-0.1, -0.05) is 25.8 Å². The summed E-state index contributed by atoms with van der Waals surface area (Å²) in [5.74, 6) is 1.47. The van der Waals surface area contributed by atoms with E-state index in [1.54, 1.807) is 6.08 Å². The standard InChI is InChI=1S/C12H19F/c1-3-11(8-9-13)12-6-4-10(2)5-7-12/h3,8-10,12H,4-7H2,1-2H3/b9-8-,11-3+. The van der Waals surface area contributed by atoms with Crippen LogP contribution in [-0.2, 0) is 0 Å². The zero-order valence-corrected chi connectivity index (χ0v) is 8.59. The Kier molecular flexibility index (Phi) is 4.20. The van der Waals surface area contributed by atoms with Gasteiger partial charge in [0.05, 0.1) is 6.33 Å². The molecule has 0 saturated heterocycles. The Morgan fingerprint density at radius 1 is 1.23 bits per heavy atom. The summed E-state index contributed by atoms with van der Waals surface area (Å²) in [6.45, 7) is 4.30. The van der Waals surface area contributed by atoms with Gasteiger partial charge in [0.15, 0.2) is 0 Å². The molecular formula is C12H19F. The second-order valence-electron chi connectivity index (χ2n) is 4.04. The van der Waals surface area contributed by atoms with Crippen LogP contribution in [0.4, 0.5) is 4.39 Å². The molecule has 13 heavy (non-hydrogen) atoms. The van der Waals surface area contributed by atoms with E-state index >= 15 is 0 Å². The van der Waals surface area contributed by atoms with Gasteiger partial charge in [0.25, 0.3) is 0 Å². The van der Waals surface area contributed by atoms with Crippen molar-refractivity contribution < 1.29 is 4.39 Å². The Hall–Kier alpha value is -0.590. The molecule has 0 aliphatic heterocycles. The van der Waals surface area contributed by atoms with Gasteiger partial charge in [0.2, 0.25) is 0 Å². The SMILES string of the molecule is C/C=C(\C=C/F)C1CCC(C)CC1. The first-order chi connectivity index (χ1) is 6.27. The molecule has 0 heterocycles. The maximum atomic E-state index is 12.0. The van der Waals surface area contributed by atoms with E-state index in [2.05, 4.69) is 6.92 Å². The monoisotopic (exact) mass is 182 g/mol. The molecule has 74 valence electrons. The first-order valence-corrected chi connectivity index (χ1v) is 5.21. The van der Waals surface area contributed by atoms with Crippen molar-refractivity contribution >= 4 is 0 Å². The summed E-state index contributed by atoms with van der Waals surface area (Å²) in [6.07, 6.45) is 9.35. The van der Waals surface area contributed by atoms with E-state index in [1.807, 2.05) is 13.0 Å². The smallest absolute Gasteiger partial charge is 0.0869 e. The van der Waals surface area contributed by atoms with Crippen molar-refractivity contribution in [1.29, 1.82) is 0 Å². The molecule has 0 spiro atoms. The summed E-state index contributed by atoms with van der Waals surface area (Å²) in [5, 5.41) is 0. The van der Waals surface area contributed by atoms with Crippen LogP contribution in [0.2, 0.25) is 0 Å². The molecule has 0 aromatic carbocycles. The lowest BCUT2D eigenvalue weighted by molar-refractivity contribution is 0.323. The summed E-state index contributed by atoms with van der Waals surface area (Å²) in [4.78, 5) is 0. The summed E-state index contributed by atoms with van der Waals surface area (Å²) in [7, 11) is 0. The predicted octanol–water partition coefficient (Wildman–Crippen LogP) is 4.24. The lowest BCUT2D eigenvalue weighted by atomic mass is 9.79. The molecular weight excluding hydrogens is 163 g/mol.